The van der Waals surface area contributed by atoms with Crippen molar-refractivity contribution in [3.05, 3.63) is 202 Å². The van der Waals surface area contributed by atoms with Gasteiger partial charge in [-0.1, -0.05) is 131 Å². The van der Waals surface area contributed by atoms with Crippen molar-refractivity contribution in [3.63, 3.8) is 0 Å². The highest BCUT2D eigenvalue weighted by molar-refractivity contribution is 6.15. The van der Waals surface area contributed by atoms with E-state index < -0.39 is 5.66 Å². The minimum Gasteiger partial charge on any atom is -0.404 e. The van der Waals surface area contributed by atoms with Gasteiger partial charge in [-0.2, -0.15) is 4.90 Å². The molecule has 6 aromatic carbocycles. The van der Waals surface area contributed by atoms with Crippen LogP contribution >= 0.6 is 0 Å². The number of fused-ring (bicyclic) bond motifs is 8. The number of hydrogen-bond acceptors (Lipinski definition) is 2. The molecule has 5 heteroatoms. The first-order valence-electron chi connectivity index (χ1n) is 21.0. The van der Waals surface area contributed by atoms with E-state index in [1.54, 1.807) is 0 Å². The van der Waals surface area contributed by atoms with Crippen LogP contribution in [0.5, 0.6) is 11.6 Å². The average Bonchev–Trinajstić information content (AvgIpc) is 3.77. The van der Waals surface area contributed by atoms with Gasteiger partial charge in [-0.15, -0.1) is 9.13 Å². The van der Waals surface area contributed by atoms with Gasteiger partial charge in [-0.25, -0.2) is 0 Å². The molecule has 3 atom stereocenters. The number of pyridine rings is 2. The first kappa shape index (κ1) is 32.0. The topological polar surface area (TPSA) is 25.2 Å². The fourth-order valence-electron chi connectivity index (χ4n) is 11.9. The standard InChI is InChI=1S/C54H40N4O/c1-31(33-16-7-5-8-17-33)35-26-44-45-27-36(32(2)34-18-9-6-10-19-34)29-48-58(45)54-49-43(24-15-25-46(49)59-48)55-41-22-13-11-20-37(41)38-30-40-52(50(54)51(38)55)56(47(28-35)57(44)54)42-23-14-12-21-39(42)53(40,3)4/h5-32H,1-4H3/q+2. The fraction of sp³-hybridized carbons (Fsp3) is 0.148. The molecule has 59 heavy (non-hydrogen) atoms. The Labute approximate surface area is 342 Å². The van der Waals surface area contributed by atoms with Gasteiger partial charge in [0.15, 0.2) is 11.4 Å². The van der Waals surface area contributed by atoms with Crippen LogP contribution in [0.4, 0.5) is 17.2 Å². The van der Waals surface area contributed by atoms with E-state index in [2.05, 4.69) is 204 Å². The molecule has 3 aromatic heterocycles. The van der Waals surface area contributed by atoms with Crippen LogP contribution in [0, 0.1) is 0 Å². The van der Waals surface area contributed by atoms with Crippen molar-refractivity contribution >= 4 is 39.0 Å². The summed E-state index contributed by atoms with van der Waals surface area (Å²) in [6, 6.07) is 59.0. The normalized spacial score (nSPS) is 18.3. The zero-order valence-electron chi connectivity index (χ0n) is 33.4. The van der Waals surface area contributed by atoms with Gasteiger partial charge < -0.3 is 9.30 Å². The van der Waals surface area contributed by atoms with Gasteiger partial charge in [0.1, 0.15) is 16.8 Å². The molecule has 0 saturated carbocycles. The van der Waals surface area contributed by atoms with Crippen LogP contribution in [0.15, 0.2) is 158 Å². The van der Waals surface area contributed by atoms with Crippen LogP contribution in [0.2, 0.25) is 0 Å². The van der Waals surface area contributed by atoms with Crippen LogP contribution < -0.4 is 18.8 Å². The molecule has 0 fully saturated rings. The molecular formula is C54H40N4O+2. The highest BCUT2D eigenvalue weighted by Crippen LogP contribution is 2.64. The maximum Gasteiger partial charge on any atom is 0.378 e. The Bertz CT molecular complexity index is 3380. The van der Waals surface area contributed by atoms with Crippen molar-refractivity contribution in [2.75, 3.05) is 4.90 Å². The van der Waals surface area contributed by atoms with Gasteiger partial charge in [-0.3, -0.25) is 0 Å². The molecule has 5 nitrogen and oxygen atoms in total. The zero-order valence-corrected chi connectivity index (χ0v) is 33.4. The number of aromatic nitrogens is 3. The summed E-state index contributed by atoms with van der Waals surface area (Å²) in [5, 5.41) is 2.57. The molecule has 0 amide bonds. The van der Waals surface area contributed by atoms with Gasteiger partial charge in [-0.05, 0) is 58.7 Å². The first-order chi connectivity index (χ1) is 28.9. The number of para-hydroxylation sites is 2. The summed E-state index contributed by atoms with van der Waals surface area (Å²) in [6.07, 6.45) is 0. The number of nitrogens with zero attached hydrogens (tertiary/aromatic N) is 4. The number of benzene rings is 6. The number of hydrogen-bond donors (Lipinski definition) is 0. The second-order valence-corrected chi connectivity index (χ2v) is 17.8. The maximum absolute atomic E-state index is 7.29. The quantitative estimate of drug-likeness (QED) is 0.167. The third-order valence-electron chi connectivity index (χ3n) is 14.7. The molecule has 0 bridgehead atoms. The van der Waals surface area contributed by atoms with Gasteiger partial charge in [0.25, 0.3) is 11.5 Å². The summed E-state index contributed by atoms with van der Waals surface area (Å²) in [5.74, 6) is 3.27. The molecule has 0 radical (unpaired) electrons. The molecule has 280 valence electrons. The Hall–Kier alpha value is -6.98. The Kier molecular flexibility index (Phi) is 5.73. The van der Waals surface area contributed by atoms with Crippen molar-refractivity contribution in [3.8, 4) is 28.7 Å². The van der Waals surface area contributed by atoms with Crippen molar-refractivity contribution < 1.29 is 13.9 Å². The fourth-order valence-corrected chi connectivity index (χ4v) is 11.9. The minimum atomic E-state index is -0.755. The highest BCUT2D eigenvalue weighted by atomic mass is 16.5. The second kappa shape index (κ2) is 10.5. The summed E-state index contributed by atoms with van der Waals surface area (Å²) < 4.78 is 15.1. The Balaban J connectivity index is 1.23. The monoisotopic (exact) mass is 760 g/mol. The SMILES string of the molecule is CC(c1ccccc1)c1cc2[n+]3c(c1)-c1cc(C(C)c4ccccc4)cc4[n+]1C31c3c(cccc3-n3c5ccccc5c5cc6c(c1c53)N4c1ccccc1C6(C)C)O2. The third kappa shape index (κ3) is 3.58. The van der Waals surface area contributed by atoms with E-state index >= 15 is 0 Å². The summed E-state index contributed by atoms with van der Waals surface area (Å²) in [7, 11) is 0. The average molecular weight is 761 g/mol. The molecule has 14 rings (SSSR count). The number of ether oxygens (including phenoxy) is 1. The molecule has 0 saturated heterocycles. The van der Waals surface area contributed by atoms with E-state index in [0.717, 1.165) is 11.6 Å². The molecule has 1 spiro atoms. The molecule has 5 aliphatic heterocycles. The smallest absolute Gasteiger partial charge is 0.378 e. The zero-order chi connectivity index (χ0) is 39.1. The lowest BCUT2D eigenvalue weighted by atomic mass is 9.69. The van der Waals surface area contributed by atoms with E-state index in [4.69, 9.17) is 4.74 Å². The Morgan fingerprint density at radius 1 is 0.542 bits per heavy atom. The van der Waals surface area contributed by atoms with E-state index in [9.17, 15) is 0 Å². The van der Waals surface area contributed by atoms with Crippen LogP contribution in [0.25, 0.3) is 38.9 Å². The van der Waals surface area contributed by atoms with Gasteiger partial charge in [0.2, 0.25) is 5.69 Å². The van der Waals surface area contributed by atoms with Crippen LogP contribution in [0.1, 0.15) is 84.0 Å². The molecule has 9 aromatic rings. The minimum absolute atomic E-state index is 0.154. The van der Waals surface area contributed by atoms with E-state index in [-0.39, 0.29) is 17.3 Å². The van der Waals surface area contributed by atoms with Crippen molar-refractivity contribution in [2.24, 2.45) is 0 Å². The lowest BCUT2D eigenvalue weighted by Gasteiger charge is -2.45. The van der Waals surface area contributed by atoms with E-state index in [1.807, 2.05) is 0 Å². The Morgan fingerprint density at radius 2 is 1.19 bits per heavy atom. The molecule has 0 N–H and O–H groups in total. The molecule has 5 aliphatic rings. The summed E-state index contributed by atoms with van der Waals surface area (Å²) >= 11 is 0. The largest absolute Gasteiger partial charge is 0.404 e. The number of anilines is 3. The summed E-state index contributed by atoms with van der Waals surface area (Å²) in [4.78, 5) is 2.63. The van der Waals surface area contributed by atoms with E-state index in [0.29, 0.717) is 0 Å². The lowest BCUT2D eigenvalue weighted by Crippen LogP contribution is -2.75. The summed E-state index contributed by atoms with van der Waals surface area (Å²) in [5.41, 5.74) is 17.8. The van der Waals surface area contributed by atoms with Crippen molar-refractivity contribution in [2.45, 2.75) is 50.6 Å². The van der Waals surface area contributed by atoms with Crippen molar-refractivity contribution in [1.29, 1.82) is 0 Å². The predicted octanol–water partition coefficient (Wildman–Crippen LogP) is 11.8. The highest BCUT2D eigenvalue weighted by Gasteiger charge is 2.73. The van der Waals surface area contributed by atoms with Crippen LogP contribution in [-0.4, -0.2) is 4.57 Å². The molecule has 0 aliphatic carbocycles. The molecular weight excluding hydrogens is 721 g/mol. The number of rotatable bonds is 4. The van der Waals surface area contributed by atoms with Gasteiger partial charge in [0.05, 0.1) is 22.8 Å². The van der Waals surface area contributed by atoms with Crippen molar-refractivity contribution in [1.82, 2.24) is 4.57 Å². The molecule has 8 heterocycles. The lowest BCUT2D eigenvalue weighted by molar-refractivity contribution is -0.936. The maximum atomic E-state index is 7.29. The second-order valence-electron chi connectivity index (χ2n) is 17.8. The Morgan fingerprint density at radius 3 is 1.95 bits per heavy atom. The predicted molar refractivity (Wildman–Crippen MR) is 233 cm³/mol. The first-order valence-corrected chi connectivity index (χ1v) is 21.0. The summed E-state index contributed by atoms with van der Waals surface area (Å²) in [6.45, 7) is 9.54. The van der Waals surface area contributed by atoms with Gasteiger partial charge in [0, 0.05) is 51.3 Å². The third-order valence-corrected chi connectivity index (χ3v) is 14.7. The molecule has 3 unspecified atom stereocenters. The van der Waals surface area contributed by atoms with Crippen LogP contribution in [-0.2, 0) is 11.1 Å². The van der Waals surface area contributed by atoms with E-state index in [1.165, 1.54) is 101 Å². The van der Waals surface area contributed by atoms with Crippen LogP contribution in [0.3, 0.4) is 0 Å². The van der Waals surface area contributed by atoms with Gasteiger partial charge >= 0.3 is 11.5 Å².